The Morgan fingerprint density at radius 2 is 1.44 bits per heavy atom. The summed E-state index contributed by atoms with van der Waals surface area (Å²) in [5, 5.41) is 0. The third kappa shape index (κ3) is 6.09. The number of unbranched alkanes of at least 4 members (excludes halogenated alkanes) is 3. The number of benzene rings is 1. The second-order valence-corrected chi connectivity index (χ2v) is 9.68. The van der Waals surface area contributed by atoms with Crippen LogP contribution in [-0.2, 0) is 22.4 Å². The predicted octanol–water partition coefficient (Wildman–Crippen LogP) is 6.62. The molecule has 0 aromatic heterocycles. The molecule has 1 aromatic carbocycles. The number of ether oxygens (including phenoxy) is 1. The molecule has 2 heteroatoms. The van der Waals surface area contributed by atoms with Crippen LogP contribution in [0.5, 0.6) is 0 Å². The maximum Gasteiger partial charge on any atom is 0.293 e. The SMILES string of the molecule is Cc1cc(C)c(CCCCC2(OC=O)CC2)cc1CCCCCC1(C)CC1. The van der Waals surface area contributed by atoms with Crippen LogP contribution in [-0.4, -0.2) is 12.1 Å². The fraction of sp³-hybridized carbons (Fsp3) is 0.720. The molecule has 3 rings (SSSR count). The molecule has 0 amide bonds. The molecule has 0 heterocycles. The van der Waals surface area contributed by atoms with Gasteiger partial charge < -0.3 is 4.74 Å². The van der Waals surface area contributed by atoms with Crippen LogP contribution < -0.4 is 0 Å². The van der Waals surface area contributed by atoms with Gasteiger partial charge in [-0.15, -0.1) is 0 Å². The van der Waals surface area contributed by atoms with E-state index in [4.69, 9.17) is 4.74 Å². The molecule has 0 N–H and O–H groups in total. The standard InChI is InChI=1S/C25H38O2/c1-20-17-21(2)23(10-6-8-12-25(15-16-25)27-19-26)18-22(20)9-5-4-7-11-24(3)13-14-24/h17-19H,4-16H2,1-3H3. The van der Waals surface area contributed by atoms with Gasteiger partial charge in [0.25, 0.3) is 6.47 Å². The summed E-state index contributed by atoms with van der Waals surface area (Å²) in [6, 6.07) is 4.86. The van der Waals surface area contributed by atoms with Crippen molar-refractivity contribution in [2.45, 2.75) is 110 Å². The molecule has 2 nitrogen and oxygen atoms in total. The van der Waals surface area contributed by atoms with Gasteiger partial charge in [-0.2, -0.15) is 0 Å². The molecule has 0 spiro atoms. The zero-order valence-electron chi connectivity index (χ0n) is 17.7. The Morgan fingerprint density at radius 3 is 2.00 bits per heavy atom. The van der Waals surface area contributed by atoms with Crippen molar-refractivity contribution >= 4 is 6.47 Å². The topological polar surface area (TPSA) is 26.3 Å². The van der Waals surface area contributed by atoms with E-state index in [1.54, 1.807) is 5.56 Å². The van der Waals surface area contributed by atoms with Gasteiger partial charge in [-0.25, -0.2) is 0 Å². The van der Waals surface area contributed by atoms with Crippen LogP contribution in [0.3, 0.4) is 0 Å². The van der Waals surface area contributed by atoms with Gasteiger partial charge in [0.05, 0.1) is 0 Å². The van der Waals surface area contributed by atoms with Crippen molar-refractivity contribution in [2.75, 3.05) is 0 Å². The van der Waals surface area contributed by atoms with Crippen LogP contribution in [0, 0.1) is 19.3 Å². The first-order valence-electron chi connectivity index (χ1n) is 11.2. The highest BCUT2D eigenvalue weighted by molar-refractivity contribution is 5.39. The van der Waals surface area contributed by atoms with Crippen LogP contribution in [0.15, 0.2) is 12.1 Å². The minimum Gasteiger partial charge on any atom is -0.461 e. The summed E-state index contributed by atoms with van der Waals surface area (Å²) in [5.41, 5.74) is 6.58. The molecule has 0 unspecified atom stereocenters. The summed E-state index contributed by atoms with van der Waals surface area (Å²) in [6.07, 6.45) is 16.3. The third-order valence-corrected chi connectivity index (χ3v) is 7.06. The fourth-order valence-corrected chi connectivity index (χ4v) is 4.43. The normalized spacial score (nSPS) is 18.9. The Balaban J connectivity index is 1.41. The first-order chi connectivity index (χ1) is 13.0. The molecule has 0 radical (unpaired) electrons. The zero-order valence-corrected chi connectivity index (χ0v) is 17.7. The summed E-state index contributed by atoms with van der Waals surface area (Å²) in [7, 11) is 0. The highest BCUT2D eigenvalue weighted by atomic mass is 16.5. The first-order valence-corrected chi connectivity index (χ1v) is 11.2. The molecule has 2 aliphatic rings. The molecule has 150 valence electrons. The van der Waals surface area contributed by atoms with E-state index < -0.39 is 0 Å². The zero-order chi connectivity index (χ0) is 19.3. The summed E-state index contributed by atoms with van der Waals surface area (Å²) in [4.78, 5) is 10.6. The lowest BCUT2D eigenvalue weighted by Gasteiger charge is -2.15. The molecular formula is C25H38O2. The molecule has 0 aliphatic heterocycles. The lowest BCUT2D eigenvalue weighted by Crippen LogP contribution is -2.12. The van der Waals surface area contributed by atoms with E-state index >= 15 is 0 Å². The van der Waals surface area contributed by atoms with Crippen LogP contribution in [0.2, 0.25) is 0 Å². The highest BCUT2D eigenvalue weighted by Gasteiger charge is 2.44. The molecule has 2 aliphatic carbocycles. The van der Waals surface area contributed by atoms with Gasteiger partial charge in [-0.1, -0.05) is 31.9 Å². The average Bonchev–Trinajstić information content (AvgIpc) is 3.54. The Kier molecular flexibility index (Phi) is 6.65. The van der Waals surface area contributed by atoms with Gasteiger partial charge in [0, 0.05) is 0 Å². The quantitative estimate of drug-likeness (QED) is 0.288. The van der Waals surface area contributed by atoms with Crippen molar-refractivity contribution in [3.63, 3.8) is 0 Å². The second-order valence-electron chi connectivity index (χ2n) is 9.68. The van der Waals surface area contributed by atoms with E-state index in [1.807, 2.05) is 0 Å². The Bertz CT molecular complexity index is 638. The van der Waals surface area contributed by atoms with Crippen molar-refractivity contribution in [3.05, 3.63) is 34.4 Å². The predicted molar refractivity (Wildman–Crippen MR) is 112 cm³/mol. The molecule has 27 heavy (non-hydrogen) atoms. The van der Waals surface area contributed by atoms with Gasteiger partial charge in [-0.05, 0) is 112 Å². The van der Waals surface area contributed by atoms with Gasteiger partial charge in [0.2, 0.25) is 0 Å². The summed E-state index contributed by atoms with van der Waals surface area (Å²) in [6.45, 7) is 7.60. The van der Waals surface area contributed by atoms with E-state index in [0.717, 1.165) is 32.1 Å². The van der Waals surface area contributed by atoms with Crippen LogP contribution in [0.1, 0.15) is 99.8 Å². The van der Waals surface area contributed by atoms with Crippen LogP contribution in [0.4, 0.5) is 0 Å². The number of carbonyl (C=O) groups is 1. The molecule has 2 saturated carbocycles. The number of hydrogen-bond acceptors (Lipinski definition) is 2. The number of carbonyl (C=O) groups excluding carboxylic acids is 1. The number of hydrogen-bond donors (Lipinski definition) is 0. The Labute approximate surface area is 166 Å². The Hall–Kier alpha value is -1.31. The van der Waals surface area contributed by atoms with Crippen molar-refractivity contribution in [3.8, 4) is 0 Å². The third-order valence-electron chi connectivity index (χ3n) is 7.06. The van der Waals surface area contributed by atoms with Crippen molar-refractivity contribution in [2.24, 2.45) is 5.41 Å². The molecular weight excluding hydrogens is 332 g/mol. The second kappa shape index (κ2) is 8.80. The molecule has 0 saturated heterocycles. The van der Waals surface area contributed by atoms with Gasteiger partial charge in [-0.3, -0.25) is 4.79 Å². The van der Waals surface area contributed by atoms with Gasteiger partial charge >= 0.3 is 0 Å². The minimum absolute atomic E-state index is 0.0905. The highest BCUT2D eigenvalue weighted by Crippen LogP contribution is 2.49. The number of aryl methyl sites for hydroxylation is 4. The van der Waals surface area contributed by atoms with E-state index in [0.29, 0.717) is 11.9 Å². The summed E-state index contributed by atoms with van der Waals surface area (Å²) >= 11 is 0. The first kappa shape index (κ1) is 20.4. The number of rotatable bonds is 13. The van der Waals surface area contributed by atoms with Crippen LogP contribution >= 0.6 is 0 Å². The fourth-order valence-electron chi connectivity index (χ4n) is 4.43. The molecule has 2 fully saturated rings. The summed E-state index contributed by atoms with van der Waals surface area (Å²) in [5.74, 6) is 0. The molecule has 1 aromatic rings. The van der Waals surface area contributed by atoms with Gasteiger partial charge in [0.1, 0.15) is 5.60 Å². The maximum atomic E-state index is 10.6. The summed E-state index contributed by atoms with van der Waals surface area (Å²) < 4.78 is 5.26. The average molecular weight is 371 g/mol. The van der Waals surface area contributed by atoms with Crippen molar-refractivity contribution < 1.29 is 9.53 Å². The molecule has 0 bridgehead atoms. The lowest BCUT2D eigenvalue weighted by atomic mass is 9.92. The smallest absolute Gasteiger partial charge is 0.293 e. The van der Waals surface area contributed by atoms with E-state index in [1.165, 1.54) is 68.1 Å². The largest absolute Gasteiger partial charge is 0.461 e. The van der Waals surface area contributed by atoms with E-state index in [2.05, 4.69) is 32.9 Å². The van der Waals surface area contributed by atoms with E-state index in [-0.39, 0.29) is 5.60 Å². The lowest BCUT2D eigenvalue weighted by molar-refractivity contribution is -0.135. The monoisotopic (exact) mass is 370 g/mol. The molecule has 0 atom stereocenters. The maximum absolute atomic E-state index is 10.6. The van der Waals surface area contributed by atoms with E-state index in [9.17, 15) is 4.79 Å². The Morgan fingerprint density at radius 1 is 0.852 bits per heavy atom. The van der Waals surface area contributed by atoms with Crippen molar-refractivity contribution in [1.82, 2.24) is 0 Å². The van der Waals surface area contributed by atoms with Gasteiger partial charge in [0.15, 0.2) is 0 Å². The van der Waals surface area contributed by atoms with Crippen molar-refractivity contribution in [1.29, 1.82) is 0 Å². The van der Waals surface area contributed by atoms with Crippen LogP contribution in [0.25, 0.3) is 0 Å². The minimum atomic E-state index is -0.0905.